The Morgan fingerprint density at radius 1 is 0.862 bits per heavy atom. The van der Waals surface area contributed by atoms with E-state index in [2.05, 4.69) is 10.2 Å². The van der Waals surface area contributed by atoms with Gasteiger partial charge in [0.05, 0.1) is 6.54 Å². The van der Waals surface area contributed by atoms with E-state index in [1.807, 2.05) is 21.9 Å². The lowest BCUT2D eigenvalue weighted by Gasteiger charge is -2.35. The van der Waals surface area contributed by atoms with Gasteiger partial charge in [0.25, 0.3) is 0 Å². The summed E-state index contributed by atoms with van der Waals surface area (Å²) in [6, 6.07) is 7.16. The molecule has 3 amide bonds. The Bertz CT molecular complexity index is 649. The third kappa shape index (κ3) is 6.92. The topological polar surface area (TPSA) is 76.1 Å². The maximum atomic E-state index is 12.5. The second kappa shape index (κ2) is 11.0. The molecule has 29 heavy (non-hydrogen) atoms. The maximum absolute atomic E-state index is 12.5. The first kappa shape index (κ1) is 21.4. The quantitative estimate of drug-likeness (QED) is 0.714. The Kier molecular flexibility index (Phi) is 8.16. The summed E-state index contributed by atoms with van der Waals surface area (Å²) < 4.78 is 0. The molecule has 1 aromatic carbocycles. The molecular formula is C22H34N4O3. The zero-order valence-corrected chi connectivity index (χ0v) is 17.3. The van der Waals surface area contributed by atoms with Crippen LogP contribution in [0, 0.1) is 0 Å². The van der Waals surface area contributed by atoms with Crippen molar-refractivity contribution in [2.75, 3.05) is 52.4 Å². The molecule has 0 aromatic heterocycles. The largest absolute Gasteiger partial charge is 0.508 e. The van der Waals surface area contributed by atoms with Crippen molar-refractivity contribution in [3.8, 4) is 5.75 Å². The predicted molar refractivity (Wildman–Crippen MR) is 113 cm³/mol. The summed E-state index contributed by atoms with van der Waals surface area (Å²) in [7, 11) is 0. The first-order chi connectivity index (χ1) is 14.1. The Morgan fingerprint density at radius 2 is 1.52 bits per heavy atom. The van der Waals surface area contributed by atoms with Crippen molar-refractivity contribution in [3.63, 3.8) is 0 Å². The summed E-state index contributed by atoms with van der Waals surface area (Å²) in [5.74, 6) is 0.508. The molecule has 0 atom stereocenters. The number of carbonyl (C=O) groups excluding carboxylic acids is 2. The number of piperazine rings is 1. The molecule has 3 rings (SSSR count). The Hall–Kier alpha value is -2.28. The molecule has 0 aliphatic carbocycles. The predicted octanol–water partition coefficient (Wildman–Crippen LogP) is 2.05. The monoisotopic (exact) mass is 402 g/mol. The van der Waals surface area contributed by atoms with Gasteiger partial charge in [0.15, 0.2) is 0 Å². The molecule has 2 saturated heterocycles. The summed E-state index contributed by atoms with van der Waals surface area (Å²) in [6.45, 7) is 5.72. The van der Waals surface area contributed by atoms with E-state index in [0.29, 0.717) is 26.2 Å². The van der Waals surface area contributed by atoms with E-state index in [0.717, 1.165) is 57.4 Å². The molecule has 2 aliphatic rings. The van der Waals surface area contributed by atoms with E-state index in [4.69, 9.17) is 0 Å². The minimum Gasteiger partial charge on any atom is -0.508 e. The molecule has 7 nitrogen and oxygen atoms in total. The zero-order valence-electron chi connectivity index (χ0n) is 17.3. The Labute approximate surface area is 173 Å². The number of rotatable bonds is 6. The number of urea groups is 1. The van der Waals surface area contributed by atoms with Crippen molar-refractivity contribution in [1.82, 2.24) is 20.0 Å². The van der Waals surface area contributed by atoms with Crippen molar-refractivity contribution >= 4 is 11.9 Å². The molecule has 0 radical (unpaired) electrons. The van der Waals surface area contributed by atoms with Crippen LogP contribution in [0.2, 0.25) is 0 Å². The zero-order chi connectivity index (χ0) is 20.5. The number of hydrogen-bond donors (Lipinski definition) is 2. The lowest BCUT2D eigenvalue weighted by atomic mass is 10.1. The van der Waals surface area contributed by atoms with Crippen LogP contribution >= 0.6 is 0 Å². The van der Waals surface area contributed by atoms with Crippen LogP contribution in [0.5, 0.6) is 5.75 Å². The minimum atomic E-state index is -0.0193. The number of phenols is 1. The minimum absolute atomic E-state index is 0.0193. The first-order valence-corrected chi connectivity index (χ1v) is 10.9. The van der Waals surface area contributed by atoms with Crippen molar-refractivity contribution in [2.24, 2.45) is 0 Å². The first-order valence-electron chi connectivity index (χ1n) is 10.9. The summed E-state index contributed by atoms with van der Waals surface area (Å²) in [5, 5.41) is 12.3. The molecule has 2 aliphatic heterocycles. The average Bonchev–Trinajstić information content (AvgIpc) is 3.02. The highest BCUT2D eigenvalue weighted by Gasteiger charge is 2.24. The molecular weight excluding hydrogens is 368 g/mol. The number of nitrogens with one attached hydrogen (secondary N) is 1. The van der Waals surface area contributed by atoms with E-state index in [1.54, 1.807) is 12.1 Å². The number of likely N-dealkylation sites (tertiary alicyclic amines) is 1. The number of hydrogen-bond acceptors (Lipinski definition) is 4. The van der Waals surface area contributed by atoms with E-state index in [-0.39, 0.29) is 17.7 Å². The summed E-state index contributed by atoms with van der Waals surface area (Å²) in [4.78, 5) is 30.9. The number of benzene rings is 1. The third-order valence-corrected chi connectivity index (χ3v) is 5.83. The second-order valence-electron chi connectivity index (χ2n) is 8.06. The fourth-order valence-electron chi connectivity index (χ4n) is 3.98. The second-order valence-corrected chi connectivity index (χ2v) is 8.06. The molecule has 0 unspecified atom stereocenters. The van der Waals surface area contributed by atoms with Crippen LogP contribution in [0.15, 0.2) is 24.3 Å². The lowest BCUT2D eigenvalue weighted by molar-refractivity contribution is -0.132. The third-order valence-electron chi connectivity index (χ3n) is 5.83. The number of phenolic OH excluding ortho intramolecular Hbond substituents is 1. The van der Waals surface area contributed by atoms with Gasteiger partial charge in [-0.15, -0.1) is 0 Å². The summed E-state index contributed by atoms with van der Waals surface area (Å²) >= 11 is 0. The molecule has 0 bridgehead atoms. The van der Waals surface area contributed by atoms with Crippen LogP contribution in [0.25, 0.3) is 0 Å². The number of nitrogens with zero attached hydrogens (tertiary/aromatic N) is 3. The van der Waals surface area contributed by atoms with Gasteiger partial charge in [-0.25, -0.2) is 4.79 Å². The van der Waals surface area contributed by atoms with Crippen molar-refractivity contribution in [1.29, 1.82) is 0 Å². The van der Waals surface area contributed by atoms with Gasteiger partial charge >= 0.3 is 6.03 Å². The highest BCUT2D eigenvalue weighted by molar-refractivity contribution is 5.78. The molecule has 2 heterocycles. The molecule has 160 valence electrons. The Morgan fingerprint density at radius 3 is 2.17 bits per heavy atom. The van der Waals surface area contributed by atoms with Crippen LogP contribution in [0.4, 0.5) is 4.79 Å². The molecule has 2 N–H and O–H groups in total. The van der Waals surface area contributed by atoms with E-state index in [9.17, 15) is 14.7 Å². The van der Waals surface area contributed by atoms with Gasteiger partial charge in [0.1, 0.15) is 5.75 Å². The van der Waals surface area contributed by atoms with E-state index in [1.165, 1.54) is 12.8 Å². The number of carbonyl (C=O) groups is 2. The summed E-state index contributed by atoms with van der Waals surface area (Å²) in [6.07, 6.45) is 6.42. The van der Waals surface area contributed by atoms with Crippen LogP contribution in [-0.4, -0.2) is 84.1 Å². The number of amides is 3. The average molecular weight is 403 g/mol. The standard InChI is InChI=1S/C22H34N4O3/c27-20-9-7-19(8-10-20)6-5-11-23-22(29)26-16-14-24(15-17-26)18-21(28)25-12-3-1-2-4-13-25/h7-10,27H,1-6,11-18H2,(H,23,29). The van der Waals surface area contributed by atoms with Gasteiger partial charge in [-0.2, -0.15) is 0 Å². The van der Waals surface area contributed by atoms with Crippen molar-refractivity contribution < 1.29 is 14.7 Å². The lowest BCUT2D eigenvalue weighted by Crippen LogP contribution is -2.53. The van der Waals surface area contributed by atoms with E-state index >= 15 is 0 Å². The Balaban J connectivity index is 1.30. The van der Waals surface area contributed by atoms with Gasteiger partial charge < -0.3 is 20.2 Å². The molecule has 7 heteroatoms. The van der Waals surface area contributed by atoms with Crippen LogP contribution in [0.3, 0.4) is 0 Å². The van der Waals surface area contributed by atoms with Gasteiger partial charge in [-0.05, 0) is 43.4 Å². The smallest absolute Gasteiger partial charge is 0.317 e. The van der Waals surface area contributed by atoms with Crippen molar-refractivity contribution in [3.05, 3.63) is 29.8 Å². The van der Waals surface area contributed by atoms with Crippen LogP contribution in [0.1, 0.15) is 37.7 Å². The van der Waals surface area contributed by atoms with Gasteiger partial charge in [-0.3, -0.25) is 9.69 Å². The molecule has 2 fully saturated rings. The number of aryl methyl sites for hydroxylation is 1. The highest BCUT2D eigenvalue weighted by Crippen LogP contribution is 2.12. The number of aromatic hydroxyl groups is 1. The SMILES string of the molecule is O=C(CN1CCN(C(=O)NCCCc2ccc(O)cc2)CC1)N1CCCCCC1. The molecule has 0 spiro atoms. The summed E-state index contributed by atoms with van der Waals surface area (Å²) in [5.41, 5.74) is 1.15. The molecule has 0 saturated carbocycles. The van der Waals surface area contributed by atoms with Gasteiger partial charge in [-0.1, -0.05) is 25.0 Å². The normalized spacial score (nSPS) is 18.3. The van der Waals surface area contributed by atoms with Crippen molar-refractivity contribution in [2.45, 2.75) is 38.5 Å². The van der Waals surface area contributed by atoms with Gasteiger partial charge in [0.2, 0.25) is 5.91 Å². The molecule has 1 aromatic rings. The fraction of sp³-hybridized carbons (Fsp3) is 0.636. The fourth-order valence-corrected chi connectivity index (χ4v) is 3.98. The van der Waals surface area contributed by atoms with Crippen LogP contribution < -0.4 is 5.32 Å². The van der Waals surface area contributed by atoms with Crippen LogP contribution in [-0.2, 0) is 11.2 Å². The highest BCUT2D eigenvalue weighted by atomic mass is 16.3. The van der Waals surface area contributed by atoms with E-state index < -0.39 is 0 Å². The maximum Gasteiger partial charge on any atom is 0.317 e. The van der Waals surface area contributed by atoms with Gasteiger partial charge in [0, 0.05) is 45.8 Å².